The van der Waals surface area contributed by atoms with Gasteiger partial charge in [0.1, 0.15) is 0 Å². The van der Waals surface area contributed by atoms with E-state index < -0.39 is 5.54 Å². The van der Waals surface area contributed by atoms with Gasteiger partial charge in [-0.25, -0.2) is 0 Å². The summed E-state index contributed by atoms with van der Waals surface area (Å²) in [6.45, 7) is 6.00. The lowest BCUT2D eigenvalue weighted by atomic mass is 9.90. The number of hydrogen-bond acceptors (Lipinski definition) is 2. The molecule has 0 atom stereocenters. The van der Waals surface area contributed by atoms with Crippen LogP contribution in [0.2, 0.25) is 10.0 Å². The molecule has 0 N–H and O–H groups in total. The third-order valence-electron chi connectivity index (χ3n) is 4.23. The maximum Gasteiger partial charge on any atom is 0.156 e. The van der Waals surface area contributed by atoms with E-state index >= 15 is 0 Å². The molecule has 0 radical (unpaired) electrons. The minimum Gasteiger partial charge on any atom is -0.297 e. The van der Waals surface area contributed by atoms with Gasteiger partial charge in [-0.1, -0.05) is 35.7 Å². The van der Waals surface area contributed by atoms with Gasteiger partial charge in [0, 0.05) is 16.5 Å². The molecule has 4 heteroatoms. The second-order valence-corrected chi connectivity index (χ2v) is 6.72. The lowest BCUT2D eigenvalue weighted by Crippen LogP contribution is -2.52. The molecule has 0 unspecified atom stereocenters. The summed E-state index contributed by atoms with van der Waals surface area (Å²) >= 11 is 12.3. The van der Waals surface area contributed by atoms with E-state index in [1.807, 2.05) is 13.8 Å². The monoisotopic (exact) mass is 313 g/mol. The van der Waals surface area contributed by atoms with Gasteiger partial charge in [0.2, 0.25) is 0 Å². The molecule has 20 heavy (non-hydrogen) atoms. The van der Waals surface area contributed by atoms with Crippen molar-refractivity contribution in [2.45, 2.75) is 45.1 Å². The van der Waals surface area contributed by atoms with E-state index in [2.05, 4.69) is 4.90 Å². The molecule has 1 fully saturated rings. The third-order valence-corrected chi connectivity index (χ3v) is 4.94. The van der Waals surface area contributed by atoms with E-state index in [1.165, 1.54) is 19.3 Å². The molecule has 0 spiro atoms. The van der Waals surface area contributed by atoms with Gasteiger partial charge in [0.25, 0.3) is 0 Å². The maximum absolute atomic E-state index is 12.7. The molecule has 0 saturated carbocycles. The van der Waals surface area contributed by atoms with E-state index in [1.54, 1.807) is 18.2 Å². The summed E-state index contributed by atoms with van der Waals surface area (Å²) in [4.78, 5) is 15.0. The highest BCUT2D eigenvalue weighted by molar-refractivity contribution is 6.36. The van der Waals surface area contributed by atoms with Crippen LogP contribution in [0.1, 0.15) is 38.7 Å². The van der Waals surface area contributed by atoms with E-state index in [-0.39, 0.29) is 5.78 Å². The highest BCUT2D eigenvalue weighted by atomic mass is 35.5. The summed E-state index contributed by atoms with van der Waals surface area (Å²) in [6.07, 6.45) is 3.90. The zero-order chi connectivity index (χ0) is 14.8. The largest absolute Gasteiger partial charge is 0.297 e. The van der Waals surface area contributed by atoms with Crippen molar-refractivity contribution in [3.8, 4) is 0 Å². The van der Waals surface area contributed by atoms with E-state index in [9.17, 15) is 4.79 Å². The number of Topliss-reactive ketones (excluding diaryl/α,β-unsaturated/α-hetero) is 1. The quantitative estimate of drug-likeness (QED) is 0.822. The molecule has 1 saturated heterocycles. The Bertz CT molecular complexity index is 473. The summed E-state index contributed by atoms with van der Waals surface area (Å²) in [7, 11) is 0. The van der Waals surface area contributed by atoms with Crippen LogP contribution in [0, 0.1) is 0 Å². The molecular weight excluding hydrogens is 293 g/mol. The van der Waals surface area contributed by atoms with Crippen molar-refractivity contribution in [3.05, 3.63) is 33.8 Å². The van der Waals surface area contributed by atoms with Crippen LogP contribution in [0.3, 0.4) is 0 Å². The first-order valence-electron chi connectivity index (χ1n) is 7.14. The van der Waals surface area contributed by atoms with Crippen molar-refractivity contribution in [1.29, 1.82) is 0 Å². The zero-order valence-electron chi connectivity index (χ0n) is 12.1. The average molecular weight is 314 g/mol. The van der Waals surface area contributed by atoms with Crippen LogP contribution >= 0.6 is 23.2 Å². The molecule has 1 aliphatic heterocycles. The zero-order valence-corrected chi connectivity index (χ0v) is 13.6. The van der Waals surface area contributed by atoms with Gasteiger partial charge in [-0.2, -0.15) is 0 Å². The number of likely N-dealkylation sites (tertiary alicyclic amines) is 1. The van der Waals surface area contributed by atoms with Crippen LogP contribution in [0.4, 0.5) is 0 Å². The Morgan fingerprint density at radius 1 is 1.15 bits per heavy atom. The van der Waals surface area contributed by atoms with Crippen molar-refractivity contribution in [1.82, 2.24) is 4.90 Å². The summed E-state index contributed by atoms with van der Waals surface area (Å²) in [5, 5.41) is 1.14. The standard InChI is InChI=1S/C16H21Cl2NO/c1-16(2,19-9-4-3-5-10-19)15(20)11-12-13(17)7-6-8-14(12)18/h6-8H,3-5,9-11H2,1-2H3. The normalized spacial score (nSPS) is 17.2. The lowest BCUT2D eigenvalue weighted by molar-refractivity contribution is -0.129. The van der Waals surface area contributed by atoms with Crippen LogP contribution in [0.25, 0.3) is 0 Å². The number of ketones is 1. The van der Waals surface area contributed by atoms with Gasteiger partial charge in [-0.05, 0) is 57.5 Å². The van der Waals surface area contributed by atoms with Crippen LogP contribution < -0.4 is 0 Å². The molecule has 2 rings (SSSR count). The molecule has 0 amide bonds. The first kappa shape index (κ1) is 15.8. The maximum atomic E-state index is 12.7. The van der Waals surface area contributed by atoms with Crippen molar-refractivity contribution >= 4 is 29.0 Å². The van der Waals surface area contributed by atoms with Gasteiger partial charge in [-0.3, -0.25) is 9.69 Å². The molecule has 1 heterocycles. The summed E-state index contributed by atoms with van der Waals surface area (Å²) in [6, 6.07) is 5.36. The van der Waals surface area contributed by atoms with Crippen LogP contribution in [0.5, 0.6) is 0 Å². The minimum absolute atomic E-state index is 0.175. The van der Waals surface area contributed by atoms with Crippen molar-refractivity contribution in [3.63, 3.8) is 0 Å². The highest BCUT2D eigenvalue weighted by Crippen LogP contribution is 2.28. The number of hydrogen-bond donors (Lipinski definition) is 0. The summed E-state index contributed by atoms with van der Waals surface area (Å²) in [5.41, 5.74) is 0.286. The Labute approximate surface area is 131 Å². The average Bonchev–Trinajstić information content (AvgIpc) is 2.43. The molecule has 2 nitrogen and oxygen atoms in total. The van der Waals surface area contributed by atoms with Gasteiger partial charge >= 0.3 is 0 Å². The smallest absolute Gasteiger partial charge is 0.156 e. The molecule has 1 aromatic rings. The minimum atomic E-state index is -0.455. The lowest BCUT2D eigenvalue weighted by Gasteiger charge is -2.40. The molecule has 0 aliphatic carbocycles. The third kappa shape index (κ3) is 3.36. The number of carbonyl (C=O) groups excluding carboxylic acids is 1. The fraction of sp³-hybridized carbons (Fsp3) is 0.562. The fourth-order valence-corrected chi connectivity index (χ4v) is 3.24. The number of carbonyl (C=O) groups is 1. The fourth-order valence-electron chi connectivity index (χ4n) is 2.71. The highest BCUT2D eigenvalue weighted by Gasteiger charge is 2.35. The van der Waals surface area contributed by atoms with Crippen molar-refractivity contribution in [2.75, 3.05) is 13.1 Å². The topological polar surface area (TPSA) is 20.3 Å². The second kappa shape index (κ2) is 6.46. The molecule has 0 bridgehead atoms. The van der Waals surface area contributed by atoms with Crippen LogP contribution in [-0.4, -0.2) is 29.3 Å². The van der Waals surface area contributed by atoms with Crippen molar-refractivity contribution in [2.24, 2.45) is 0 Å². The predicted octanol–water partition coefficient (Wildman–Crippen LogP) is 4.37. The van der Waals surface area contributed by atoms with Crippen LogP contribution in [-0.2, 0) is 11.2 Å². The summed E-state index contributed by atoms with van der Waals surface area (Å²) < 4.78 is 0. The van der Waals surface area contributed by atoms with Gasteiger partial charge < -0.3 is 0 Å². The Kier molecular flexibility index (Phi) is 5.11. The number of benzene rings is 1. The first-order chi connectivity index (χ1) is 9.43. The number of nitrogens with zero attached hydrogens (tertiary/aromatic N) is 1. The Morgan fingerprint density at radius 2 is 1.70 bits per heavy atom. The Hall–Kier alpha value is -0.570. The van der Waals surface area contributed by atoms with E-state index in [0.717, 1.165) is 18.7 Å². The molecule has 1 aromatic carbocycles. The molecule has 0 aromatic heterocycles. The number of rotatable bonds is 4. The predicted molar refractivity (Wildman–Crippen MR) is 84.7 cm³/mol. The molecular formula is C16H21Cl2NO. The van der Waals surface area contributed by atoms with Gasteiger partial charge in [-0.15, -0.1) is 0 Å². The van der Waals surface area contributed by atoms with Crippen LogP contribution in [0.15, 0.2) is 18.2 Å². The second-order valence-electron chi connectivity index (χ2n) is 5.91. The Morgan fingerprint density at radius 3 is 2.25 bits per heavy atom. The molecule has 110 valence electrons. The van der Waals surface area contributed by atoms with Gasteiger partial charge in [0.15, 0.2) is 5.78 Å². The summed E-state index contributed by atoms with van der Waals surface area (Å²) in [5.74, 6) is 0.175. The number of halogens is 2. The van der Waals surface area contributed by atoms with E-state index in [4.69, 9.17) is 23.2 Å². The Balaban J connectivity index is 2.14. The molecule has 1 aliphatic rings. The number of piperidine rings is 1. The first-order valence-corrected chi connectivity index (χ1v) is 7.90. The van der Waals surface area contributed by atoms with Gasteiger partial charge in [0.05, 0.1) is 5.54 Å². The van der Waals surface area contributed by atoms with Crippen molar-refractivity contribution < 1.29 is 4.79 Å². The van der Waals surface area contributed by atoms with E-state index in [0.29, 0.717) is 16.5 Å². The SMILES string of the molecule is CC(C)(C(=O)Cc1c(Cl)cccc1Cl)N1CCCCC1.